The van der Waals surface area contributed by atoms with Crippen molar-refractivity contribution in [2.75, 3.05) is 0 Å². The van der Waals surface area contributed by atoms with Gasteiger partial charge in [-0.15, -0.1) is 0 Å². The van der Waals surface area contributed by atoms with Crippen molar-refractivity contribution in [1.82, 2.24) is 15.0 Å². The summed E-state index contributed by atoms with van der Waals surface area (Å²) < 4.78 is 0. The molecule has 266 valence electrons. The van der Waals surface area contributed by atoms with Crippen molar-refractivity contribution in [3.8, 4) is 45.3 Å². The van der Waals surface area contributed by atoms with Gasteiger partial charge in [0, 0.05) is 53.6 Å². The summed E-state index contributed by atoms with van der Waals surface area (Å²) in [6.45, 7) is 0. The number of aliphatic imine (C=N–C) groups is 2. The molecule has 0 unspecified atom stereocenters. The fraction of sp³-hybridized carbons (Fsp3) is 0. The highest BCUT2D eigenvalue weighted by atomic mass is 32.2. The largest absolute Gasteiger partial charge is 0.282 e. The Bertz CT molecular complexity index is 2750. The summed E-state index contributed by atoms with van der Waals surface area (Å²) in [6.07, 6.45) is 1.77. The highest BCUT2D eigenvalue weighted by Gasteiger charge is 2.23. The van der Waals surface area contributed by atoms with Gasteiger partial charge in [0.1, 0.15) is 0 Å². The van der Waals surface area contributed by atoms with Crippen LogP contribution in [0.15, 0.2) is 212 Å². The van der Waals surface area contributed by atoms with Gasteiger partial charge in [-0.2, -0.15) is 0 Å². The van der Waals surface area contributed by atoms with E-state index < -0.39 is 0 Å². The second-order valence-corrected chi connectivity index (χ2v) is 15.0. The van der Waals surface area contributed by atoms with E-state index in [1.54, 1.807) is 29.7 Å². The molecule has 0 saturated carbocycles. The predicted octanol–water partition coefficient (Wildman–Crippen LogP) is 12.0. The van der Waals surface area contributed by atoms with Gasteiger partial charge in [-0.25, -0.2) is 24.9 Å². The topological polar surface area (TPSA) is 87.2 Å². The molecule has 0 spiro atoms. The molecule has 0 atom stereocenters. The summed E-state index contributed by atoms with van der Waals surface area (Å²) in [5, 5.41) is 8.77. The molecule has 0 amide bonds. The van der Waals surface area contributed by atoms with Crippen molar-refractivity contribution in [2.24, 2.45) is 9.98 Å². The Labute approximate surface area is 333 Å². The number of amidine groups is 2. The molecule has 8 aromatic rings. The molecule has 1 aliphatic heterocycles. The first-order chi connectivity index (χ1) is 27.7. The van der Waals surface area contributed by atoms with Crippen LogP contribution in [0.5, 0.6) is 0 Å². The summed E-state index contributed by atoms with van der Waals surface area (Å²) in [4.78, 5) is 29.7. The van der Waals surface area contributed by atoms with E-state index in [-0.39, 0.29) is 5.84 Å². The van der Waals surface area contributed by atoms with E-state index in [4.69, 9.17) is 30.3 Å². The average Bonchev–Trinajstić information content (AvgIpc) is 3.27. The zero-order valence-corrected chi connectivity index (χ0v) is 31.6. The summed E-state index contributed by atoms with van der Waals surface area (Å²) in [5.74, 6) is 2.30. The molecule has 0 fully saturated rings. The molecular weight excluding hydrogens is 725 g/mol. The minimum Gasteiger partial charge on any atom is -0.282 e. The minimum atomic E-state index is 0.128. The lowest BCUT2D eigenvalue weighted by Gasteiger charge is -2.20. The van der Waals surface area contributed by atoms with Crippen LogP contribution in [0.25, 0.3) is 45.3 Å². The SMILES string of the molecule is N=C(/N=C(\N=C\c1ccccc1)c1ccc(-c2nc(-c3ccccc3-c3ccccc3)nc(-c3cccc4c3Sc3ccccc3S4)n2)cc1)c1ccccc1. The summed E-state index contributed by atoms with van der Waals surface area (Å²) in [5.41, 5.74) is 7.22. The van der Waals surface area contributed by atoms with Gasteiger partial charge in [0.05, 0.1) is 0 Å². The lowest BCUT2D eigenvalue weighted by Crippen LogP contribution is -2.05. The third kappa shape index (κ3) is 7.48. The Balaban J connectivity index is 1.16. The van der Waals surface area contributed by atoms with Crippen LogP contribution in [0.1, 0.15) is 16.7 Å². The van der Waals surface area contributed by atoms with Gasteiger partial charge < -0.3 is 0 Å². The number of nitrogens with one attached hydrogen (secondary N) is 1. The fourth-order valence-electron chi connectivity index (χ4n) is 6.40. The molecule has 0 radical (unpaired) electrons. The molecular formula is C48H32N6S2. The smallest absolute Gasteiger partial charge is 0.165 e. The first-order valence-electron chi connectivity index (χ1n) is 18.1. The van der Waals surface area contributed by atoms with Crippen LogP contribution in [-0.4, -0.2) is 32.8 Å². The zero-order chi connectivity index (χ0) is 37.7. The third-order valence-corrected chi connectivity index (χ3v) is 11.8. The van der Waals surface area contributed by atoms with Crippen LogP contribution in [0.2, 0.25) is 0 Å². The summed E-state index contributed by atoms with van der Waals surface area (Å²) >= 11 is 3.53. The second kappa shape index (κ2) is 15.9. The van der Waals surface area contributed by atoms with E-state index in [0.29, 0.717) is 28.9 Å². The molecule has 0 saturated heterocycles. The maximum Gasteiger partial charge on any atom is 0.165 e. The molecule has 0 aliphatic carbocycles. The maximum absolute atomic E-state index is 8.77. The van der Waals surface area contributed by atoms with Gasteiger partial charge in [0.2, 0.25) is 0 Å². The molecule has 6 nitrogen and oxygen atoms in total. The first kappa shape index (κ1) is 35.0. The average molecular weight is 757 g/mol. The first-order valence-corrected chi connectivity index (χ1v) is 19.7. The molecule has 9 rings (SSSR count). The van der Waals surface area contributed by atoms with Crippen molar-refractivity contribution < 1.29 is 0 Å². The van der Waals surface area contributed by atoms with Gasteiger partial charge in [-0.1, -0.05) is 181 Å². The predicted molar refractivity (Wildman–Crippen MR) is 230 cm³/mol. The number of benzene rings is 7. The van der Waals surface area contributed by atoms with Gasteiger partial charge >= 0.3 is 0 Å². The van der Waals surface area contributed by atoms with E-state index >= 15 is 0 Å². The van der Waals surface area contributed by atoms with Crippen molar-refractivity contribution in [3.63, 3.8) is 0 Å². The number of fused-ring (bicyclic) bond motifs is 2. The van der Waals surface area contributed by atoms with E-state index in [0.717, 1.165) is 43.8 Å². The van der Waals surface area contributed by atoms with Crippen LogP contribution in [0, 0.1) is 5.41 Å². The number of nitrogens with zero attached hydrogens (tertiary/aromatic N) is 5. The Kier molecular flexibility index (Phi) is 9.95. The molecule has 1 aliphatic rings. The van der Waals surface area contributed by atoms with Crippen molar-refractivity contribution in [2.45, 2.75) is 19.6 Å². The van der Waals surface area contributed by atoms with Gasteiger partial charge in [-0.3, -0.25) is 5.41 Å². The third-order valence-electron chi connectivity index (χ3n) is 9.19. The molecule has 1 N–H and O–H groups in total. The van der Waals surface area contributed by atoms with E-state index in [2.05, 4.69) is 66.7 Å². The van der Waals surface area contributed by atoms with Crippen LogP contribution >= 0.6 is 23.5 Å². The van der Waals surface area contributed by atoms with Crippen molar-refractivity contribution >= 4 is 41.4 Å². The van der Waals surface area contributed by atoms with E-state index in [1.807, 2.05) is 115 Å². The highest BCUT2D eigenvalue weighted by molar-refractivity contribution is 8.05. The molecule has 56 heavy (non-hydrogen) atoms. The number of hydrogen-bond donors (Lipinski definition) is 1. The normalized spacial score (nSPS) is 12.2. The lowest BCUT2D eigenvalue weighted by atomic mass is 9.99. The van der Waals surface area contributed by atoms with Crippen LogP contribution in [0.4, 0.5) is 0 Å². The van der Waals surface area contributed by atoms with Crippen molar-refractivity contribution in [3.05, 3.63) is 199 Å². The summed E-state index contributed by atoms with van der Waals surface area (Å²) in [7, 11) is 0. The Morgan fingerprint density at radius 3 is 1.73 bits per heavy atom. The quantitative estimate of drug-likeness (QED) is 0.129. The standard InChI is InChI=1S/C48H32N6S2/c49-44(34-19-8-3-9-20-34)51-45(50-31-32-15-4-1-5-16-32)35-27-29-36(30-28-35)46-52-47(38-22-11-10-21-37(38)33-17-6-2-7-18-33)54-48(53-46)39-23-14-26-42-43(39)56-41-25-13-12-24-40(41)55-42/h1-31,49H/b49-44?,50-31+,51-45-. The van der Waals surface area contributed by atoms with Gasteiger partial charge in [0.15, 0.2) is 29.1 Å². The number of hydrogen-bond acceptors (Lipinski definition) is 6. The monoisotopic (exact) mass is 756 g/mol. The highest BCUT2D eigenvalue weighted by Crippen LogP contribution is 2.51. The van der Waals surface area contributed by atoms with Gasteiger partial charge in [0.25, 0.3) is 0 Å². The second-order valence-electron chi connectivity index (χ2n) is 12.9. The molecule has 0 bridgehead atoms. The van der Waals surface area contributed by atoms with Crippen LogP contribution in [-0.2, 0) is 0 Å². The molecule has 2 heterocycles. The minimum absolute atomic E-state index is 0.128. The van der Waals surface area contributed by atoms with E-state index in [9.17, 15) is 0 Å². The Hall–Kier alpha value is -6.74. The number of rotatable bonds is 7. The Morgan fingerprint density at radius 1 is 0.446 bits per heavy atom. The maximum atomic E-state index is 8.77. The zero-order valence-electron chi connectivity index (χ0n) is 30.0. The van der Waals surface area contributed by atoms with Crippen LogP contribution in [0.3, 0.4) is 0 Å². The molecule has 7 aromatic carbocycles. The van der Waals surface area contributed by atoms with Crippen molar-refractivity contribution in [1.29, 1.82) is 5.41 Å². The van der Waals surface area contributed by atoms with Crippen LogP contribution < -0.4 is 0 Å². The van der Waals surface area contributed by atoms with E-state index in [1.165, 1.54) is 14.7 Å². The molecule has 8 heteroatoms. The molecule has 1 aromatic heterocycles. The lowest BCUT2D eigenvalue weighted by molar-refractivity contribution is 1.05. The Morgan fingerprint density at radius 2 is 1.00 bits per heavy atom. The van der Waals surface area contributed by atoms with Gasteiger partial charge in [-0.05, 0) is 41.0 Å². The fourth-order valence-corrected chi connectivity index (χ4v) is 8.77. The number of aromatic nitrogens is 3. The summed E-state index contributed by atoms with van der Waals surface area (Å²) in [6, 6.07) is 60.7.